The number of rotatable bonds is 4. The summed E-state index contributed by atoms with van der Waals surface area (Å²) in [6.45, 7) is 0.379. The molecule has 0 radical (unpaired) electrons. The number of aliphatic hydroxyl groups is 1. The van der Waals surface area contributed by atoms with Crippen molar-refractivity contribution in [2.75, 3.05) is 11.6 Å². The molecule has 39 heavy (non-hydrogen) atoms. The number of hydrogen-bond donors (Lipinski definition) is 2. The van der Waals surface area contributed by atoms with E-state index in [9.17, 15) is 19.5 Å². The Hall–Kier alpha value is -3.60. The first kappa shape index (κ1) is 27.0. The highest BCUT2D eigenvalue weighted by Crippen LogP contribution is 2.31. The molecular weight excluding hydrogens is 498 g/mol. The number of para-hydroxylation sites is 1. The number of hydrazine groups is 1. The maximum atomic E-state index is 13.9. The fourth-order valence-electron chi connectivity index (χ4n) is 5.86. The minimum Gasteiger partial charge on any atom is -0.445 e. The van der Waals surface area contributed by atoms with Gasteiger partial charge in [-0.2, -0.15) is 0 Å². The molecule has 1 saturated carbocycles. The van der Waals surface area contributed by atoms with Crippen LogP contribution in [-0.2, 0) is 25.5 Å². The number of ether oxygens (including phenoxy) is 1. The summed E-state index contributed by atoms with van der Waals surface area (Å²) in [5.41, 5.74) is 1.76. The fourth-order valence-corrected chi connectivity index (χ4v) is 5.86. The molecule has 0 bridgehead atoms. The van der Waals surface area contributed by atoms with E-state index in [1.807, 2.05) is 6.07 Å². The van der Waals surface area contributed by atoms with E-state index in [2.05, 4.69) is 4.98 Å². The first-order chi connectivity index (χ1) is 18.9. The Morgan fingerprint density at radius 2 is 1.87 bits per heavy atom. The van der Waals surface area contributed by atoms with E-state index in [1.54, 1.807) is 53.7 Å². The minimum absolute atomic E-state index is 0.113. The van der Waals surface area contributed by atoms with Crippen molar-refractivity contribution in [1.29, 1.82) is 0 Å². The number of carbonyl (C=O) groups is 3. The summed E-state index contributed by atoms with van der Waals surface area (Å²) in [7, 11) is 0. The molecule has 2 aliphatic heterocycles. The van der Waals surface area contributed by atoms with Crippen LogP contribution in [0.15, 0.2) is 54.9 Å². The summed E-state index contributed by atoms with van der Waals surface area (Å²) in [5.74, 6) is 4.70. The Kier molecular flexibility index (Phi) is 8.35. The zero-order valence-corrected chi connectivity index (χ0v) is 21.9. The summed E-state index contributed by atoms with van der Waals surface area (Å²) >= 11 is 0. The predicted octanol–water partition coefficient (Wildman–Crippen LogP) is 2.37. The van der Waals surface area contributed by atoms with Gasteiger partial charge in [-0.1, -0.05) is 43.5 Å². The van der Waals surface area contributed by atoms with E-state index in [4.69, 9.17) is 10.6 Å². The van der Waals surface area contributed by atoms with E-state index < -0.39 is 30.4 Å². The molecule has 3 unspecified atom stereocenters. The standard InChI is InChI=1S/C29H35N5O5/c30-34-23-12-5-4-9-21(23)18-24(29(38)39-26-13-7-17-32(26)27(36)28(34)37)33(22-10-2-1-3-11-22)25(35)15-14-20-8-6-16-31-19-20/h4-6,8-9,12,14-16,19,22,24,26-27,36H,1-3,7,10-11,13,17-18,30H2/b15-14+. The summed E-state index contributed by atoms with van der Waals surface area (Å²) in [6.07, 6.45) is 9.99. The van der Waals surface area contributed by atoms with E-state index in [1.165, 1.54) is 11.0 Å². The second kappa shape index (κ2) is 12.1. The van der Waals surface area contributed by atoms with Gasteiger partial charge in [-0.15, -0.1) is 0 Å². The molecule has 1 aromatic carbocycles. The number of nitrogens with two attached hydrogens (primary N) is 1. The van der Waals surface area contributed by atoms with Crippen molar-refractivity contribution in [3.8, 4) is 0 Å². The average Bonchev–Trinajstić information content (AvgIpc) is 3.43. The van der Waals surface area contributed by atoms with Crippen LogP contribution >= 0.6 is 0 Å². The Bertz CT molecular complexity index is 1220. The molecule has 1 aromatic heterocycles. The molecule has 1 saturated heterocycles. The zero-order valence-electron chi connectivity index (χ0n) is 21.9. The first-order valence-electron chi connectivity index (χ1n) is 13.7. The number of benzene rings is 1. The van der Waals surface area contributed by atoms with Gasteiger partial charge in [0.25, 0.3) is 5.91 Å². The van der Waals surface area contributed by atoms with Crippen molar-refractivity contribution >= 4 is 29.5 Å². The lowest BCUT2D eigenvalue weighted by Gasteiger charge is -2.39. The van der Waals surface area contributed by atoms with E-state index in [0.29, 0.717) is 30.6 Å². The average molecular weight is 534 g/mol. The van der Waals surface area contributed by atoms with Crippen LogP contribution in [0, 0.1) is 0 Å². The molecule has 0 spiro atoms. The van der Waals surface area contributed by atoms with Gasteiger partial charge in [-0.25, -0.2) is 20.5 Å². The van der Waals surface area contributed by atoms with Crippen molar-refractivity contribution in [2.45, 2.75) is 75.9 Å². The second-order valence-corrected chi connectivity index (χ2v) is 10.4. The normalized spacial score (nSPS) is 25.1. The van der Waals surface area contributed by atoms with Crippen molar-refractivity contribution in [3.05, 3.63) is 66.0 Å². The SMILES string of the molecule is NN1C(=O)C(O)N2CCCC2OC(=O)C(N(C(=O)/C=C/c2cccnc2)C2CCCCC2)Cc2ccccc21. The number of nitrogens with zero attached hydrogens (tertiary/aromatic N) is 4. The molecule has 2 amide bonds. The molecule has 3 heterocycles. The highest BCUT2D eigenvalue weighted by Gasteiger charge is 2.43. The number of fused-ring (bicyclic) bond motifs is 2. The molecule has 206 valence electrons. The minimum atomic E-state index is -1.56. The lowest BCUT2D eigenvalue weighted by molar-refractivity contribution is -0.177. The van der Waals surface area contributed by atoms with Crippen LogP contribution in [0.25, 0.3) is 6.08 Å². The molecule has 10 heteroatoms. The van der Waals surface area contributed by atoms with Crippen LogP contribution in [0.3, 0.4) is 0 Å². The Morgan fingerprint density at radius 3 is 2.64 bits per heavy atom. The second-order valence-electron chi connectivity index (χ2n) is 10.4. The number of aromatic nitrogens is 1. The summed E-state index contributed by atoms with van der Waals surface area (Å²) < 4.78 is 5.96. The molecule has 2 fully saturated rings. The van der Waals surface area contributed by atoms with Crippen LogP contribution in [0.1, 0.15) is 56.1 Å². The van der Waals surface area contributed by atoms with Crippen LogP contribution in [0.2, 0.25) is 0 Å². The maximum absolute atomic E-state index is 13.9. The van der Waals surface area contributed by atoms with Crippen LogP contribution in [0.4, 0.5) is 5.69 Å². The Balaban J connectivity index is 1.56. The lowest BCUT2D eigenvalue weighted by Crippen LogP contribution is -2.55. The molecule has 3 N–H and O–H groups in total. The van der Waals surface area contributed by atoms with Gasteiger partial charge >= 0.3 is 5.97 Å². The van der Waals surface area contributed by atoms with Crippen LogP contribution < -0.4 is 10.9 Å². The fraction of sp³-hybridized carbons (Fsp3) is 0.448. The monoisotopic (exact) mass is 533 g/mol. The number of anilines is 1. The van der Waals surface area contributed by atoms with Crippen LogP contribution in [-0.4, -0.2) is 68.8 Å². The van der Waals surface area contributed by atoms with Crippen molar-refractivity contribution in [3.63, 3.8) is 0 Å². The van der Waals surface area contributed by atoms with Gasteiger partial charge in [0.05, 0.1) is 5.69 Å². The predicted molar refractivity (Wildman–Crippen MR) is 144 cm³/mol. The van der Waals surface area contributed by atoms with E-state index in [0.717, 1.165) is 42.7 Å². The molecule has 1 aliphatic carbocycles. The van der Waals surface area contributed by atoms with Crippen molar-refractivity contribution in [1.82, 2.24) is 14.8 Å². The Morgan fingerprint density at radius 1 is 1.08 bits per heavy atom. The lowest BCUT2D eigenvalue weighted by atomic mass is 9.91. The highest BCUT2D eigenvalue weighted by molar-refractivity contribution is 5.97. The number of esters is 1. The smallest absolute Gasteiger partial charge is 0.330 e. The molecule has 5 rings (SSSR count). The topological polar surface area (TPSA) is 129 Å². The molecule has 2 aromatic rings. The third-order valence-corrected chi connectivity index (χ3v) is 7.86. The third kappa shape index (κ3) is 5.88. The largest absolute Gasteiger partial charge is 0.445 e. The van der Waals surface area contributed by atoms with E-state index >= 15 is 0 Å². The van der Waals surface area contributed by atoms with Gasteiger partial charge in [0, 0.05) is 37.5 Å². The number of carbonyl (C=O) groups excluding carboxylic acids is 3. The highest BCUT2D eigenvalue weighted by atomic mass is 16.6. The molecule has 10 nitrogen and oxygen atoms in total. The summed E-state index contributed by atoms with van der Waals surface area (Å²) in [6, 6.07) is 9.56. The molecule has 3 aliphatic rings. The van der Waals surface area contributed by atoms with Crippen molar-refractivity contribution in [2.24, 2.45) is 5.84 Å². The van der Waals surface area contributed by atoms with Crippen molar-refractivity contribution < 1.29 is 24.2 Å². The summed E-state index contributed by atoms with van der Waals surface area (Å²) in [4.78, 5) is 48.2. The quantitative estimate of drug-likeness (QED) is 0.265. The van der Waals surface area contributed by atoms with Gasteiger partial charge in [0.2, 0.25) is 5.91 Å². The van der Waals surface area contributed by atoms with Gasteiger partial charge in [0.1, 0.15) is 6.04 Å². The third-order valence-electron chi connectivity index (χ3n) is 7.86. The van der Waals surface area contributed by atoms with Crippen LogP contribution in [0.5, 0.6) is 0 Å². The first-order valence-corrected chi connectivity index (χ1v) is 13.7. The van der Waals surface area contributed by atoms with Gasteiger partial charge in [-0.05, 0) is 55.0 Å². The van der Waals surface area contributed by atoms with E-state index in [-0.39, 0.29) is 18.4 Å². The number of pyridine rings is 1. The number of aliphatic hydroxyl groups excluding tert-OH is 1. The van der Waals surface area contributed by atoms with Gasteiger partial charge in [0.15, 0.2) is 12.5 Å². The zero-order chi connectivity index (χ0) is 27.4. The number of amides is 2. The maximum Gasteiger partial charge on any atom is 0.330 e. The molecular formula is C29H35N5O5. The van der Waals surface area contributed by atoms with Gasteiger partial charge in [-0.3, -0.25) is 14.6 Å². The Labute approximate surface area is 228 Å². The summed E-state index contributed by atoms with van der Waals surface area (Å²) in [5, 5.41) is 11.8. The van der Waals surface area contributed by atoms with Gasteiger partial charge < -0.3 is 14.7 Å². The molecule has 3 atom stereocenters. The number of hydrogen-bond acceptors (Lipinski definition) is 8.